The van der Waals surface area contributed by atoms with Crippen molar-refractivity contribution in [2.75, 3.05) is 31.6 Å². The van der Waals surface area contributed by atoms with Crippen molar-refractivity contribution in [3.63, 3.8) is 0 Å². The molecular weight excluding hydrogens is 327 g/mol. The summed E-state index contributed by atoms with van der Waals surface area (Å²) in [5.74, 6) is -0.237. The maximum atomic E-state index is 12.5. The van der Waals surface area contributed by atoms with Gasteiger partial charge in [-0.15, -0.1) is 10.2 Å². The average molecular weight is 343 g/mol. The van der Waals surface area contributed by atoms with Gasteiger partial charge in [0.15, 0.2) is 11.5 Å². The van der Waals surface area contributed by atoms with E-state index in [2.05, 4.69) is 15.5 Å². The first-order valence-electron chi connectivity index (χ1n) is 7.46. The minimum Gasteiger partial charge on any atom is -0.359 e. The van der Waals surface area contributed by atoms with E-state index in [0.717, 1.165) is 6.07 Å². The Morgan fingerprint density at radius 1 is 1.25 bits per heavy atom. The Kier molecular flexibility index (Phi) is 4.06. The maximum absolute atomic E-state index is 12.5. The molecule has 7 nitrogen and oxygen atoms in total. The van der Waals surface area contributed by atoms with Crippen LogP contribution in [0.3, 0.4) is 0 Å². The summed E-state index contributed by atoms with van der Waals surface area (Å²) < 4.78 is 37.4. The molecule has 2 saturated heterocycles. The number of nitrogens with one attached hydrogen (secondary N) is 1. The number of carbonyl (C=O) groups is 2. The second-order valence-electron chi connectivity index (χ2n) is 5.89. The molecule has 1 aromatic rings. The number of rotatable bonds is 3. The first-order valence-corrected chi connectivity index (χ1v) is 7.46. The zero-order chi connectivity index (χ0) is 17.5. The summed E-state index contributed by atoms with van der Waals surface area (Å²) in [6, 6.07) is 2.10. The highest BCUT2D eigenvalue weighted by Crippen LogP contribution is 2.30. The number of hydrogen-bond donors (Lipinski definition) is 1. The van der Waals surface area contributed by atoms with Crippen LogP contribution in [-0.2, 0) is 15.8 Å². The number of carbonyl (C=O) groups excluding carboxylic acids is 2. The molecule has 0 aromatic carbocycles. The fourth-order valence-corrected chi connectivity index (χ4v) is 2.95. The minimum atomic E-state index is -4.51. The number of halogens is 3. The molecule has 0 spiro atoms. The maximum Gasteiger partial charge on any atom is 0.435 e. The van der Waals surface area contributed by atoms with Gasteiger partial charge in [0.2, 0.25) is 11.8 Å². The monoisotopic (exact) mass is 343 g/mol. The molecule has 3 heterocycles. The molecule has 130 valence electrons. The predicted octanol–water partition coefficient (Wildman–Crippen LogP) is 0.279. The number of aromatic nitrogens is 2. The van der Waals surface area contributed by atoms with Crippen LogP contribution in [0.25, 0.3) is 0 Å². The van der Waals surface area contributed by atoms with Gasteiger partial charge >= 0.3 is 6.18 Å². The molecule has 2 aliphatic heterocycles. The SMILES string of the molecule is CNC(=O)C1CC(=O)N(C2CN(c3ccc(C(F)(F)F)nn3)C2)C1. The van der Waals surface area contributed by atoms with Crippen molar-refractivity contribution < 1.29 is 22.8 Å². The molecular formula is C14H16F3N5O2. The highest BCUT2D eigenvalue weighted by Gasteiger charge is 2.42. The second-order valence-corrected chi connectivity index (χ2v) is 5.89. The molecule has 0 aliphatic carbocycles. The molecule has 1 unspecified atom stereocenters. The molecule has 1 aromatic heterocycles. The number of nitrogens with zero attached hydrogens (tertiary/aromatic N) is 4. The zero-order valence-corrected chi connectivity index (χ0v) is 12.9. The van der Waals surface area contributed by atoms with Crippen LogP contribution in [0.4, 0.5) is 19.0 Å². The highest BCUT2D eigenvalue weighted by molar-refractivity contribution is 5.89. The van der Waals surface area contributed by atoms with Crippen molar-refractivity contribution in [1.82, 2.24) is 20.4 Å². The van der Waals surface area contributed by atoms with Crippen molar-refractivity contribution >= 4 is 17.6 Å². The fourth-order valence-electron chi connectivity index (χ4n) is 2.95. The molecule has 0 bridgehead atoms. The normalized spacial score (nSPS) is 21.8. The quantitative estimate of drug-likeness (QED) is 0.853. The van der Waals surface area contributed by atoms with Gasteiger partial charge in [-0.25, -0.2) is 0 Å². The van der Waals surface area contributed by atoms with E-state index in [9.17, 15) is 22.8 Å². The molecule has 2 fully saturated rings. The topological polar surface area (TPSA) is 78.4 Å². The van der Waals surface area contributed by atoms with Gasteiger partial charge in [0.05, 0.1) is 12.0 Å². The first-order chi connectivity index (χ1) is 11.3. The van der Waals surface area contributed by atoms with Gasteiger partial charge in [0.25, 0.3) is 0 Å². The van der Waals surface area contributed by atoms with Crippen LogP contribution >= 0.6 is 0 Å². The van der Waals surface area contributed by atoms with Crippen molar-refractivity contribution in [2.45, 2.75) is 18.6 Å². The molecule has 1 N–H and O–H groups in total. The summed E-state index contributed by atoms with van der Waals surface area (Å²) >= 11 is 0. The van der Waals surface area contributed by atoms with Crippen LogP contribution in [0.15, 0.2) is 12.1 Å². The minimum absolute atomic E-state index is 0.0590. The second kappa shape index (κ2) is 5.91. The molecule has 2 amide bonds. The van der Waals surface area contributed by atoms with Crippen LogP contribution in [0.1, 0.15) is 12.1 Å². The molecule has 1 atom stereocenters. The summed E-state index contributed by atoms with van der Waals surface area (Å²) in [5, 5.41) is 9.32. The summed E-state index contributed by atoms with van der Waals surface area (Å²) in [6.45, 7) is 1.30. The van der Waals surface area contributed by atoms with Gasteiger partial charge in [0, 0.05) is 33.1 Å². The lowest BCUT2D eigenvalue weighted by molar-refractivity contribution is -0.141. The molecule has 0 radical (unpaired) electrons. The Morgan fingerprint density at radius 3 is 2.50 bits per heavy atom. The molecule has 24 heavy (non-hydrogen) atoms. The van der Waals surface area contributed by atoms with Crippen molar-refractivity contribution in [3.8, 4) is 0 Å². The Balaban J connectivity index is 1.58. The third kappa shape index (κ3) is 3.00. The number of likely N-dealkylation sites (tertiary alicyclic amines) is 1. The Bertz CT molecular complexity index is 643. The summed E-state index contributed by atoms with van der Waals surface area (Å²) in [7, 11) is 1.53. The summed E-state index contributed by atoms with van der Waals surface area (Å²) in [5.41, 5.74) is -1.04. The fraction of sp³-hybridized carbons (Fsp3) is 0.571. The van der Waals surface area contributed by atoms with E-state index >= 15 is 0 Å². The number of amides is 2. The van der Waals surface area contributed by atoms with Crippen LogP contribution in [-0.4, -0.2) is 59.6 Å². The molecule has 2 aliphatic rings. The smallest absolute Gasteiger partial charge is 0.359 e. The van der Waals surface area contributed by atoms with E-state index in [1.807, 2.05) is 0 Å². The number of hydrogen-bond acceptors (Lipinski definition) is 5. The molecule has 10 heteroatoms. The Morgan fingerprint density at radius 2 is 1.96 bits per heavy atom. The van der Waals surface area contributed by atoms with E-state index < -0.39 is 11.9 Å². The number of anilines is 1. The van der Waals surface area contributed by atoms with E-state index in [1.54, 1.807) is 9.80 Å². The highest BCUT2D eigenvalue weighted by atomic mass is 19.4. The third-order valence-electron chi connectivity index (χ3n) is 4.34. The van der Waals surface area contributed by atoms with E-state index in [-0.39, 0.29) is 30.2 Å². The van der Waals surface area contributed by atoms with Gasteiger partial charge < -0.3 is 15.1 Å². The van der Waals surface area contributed by atoms with Crippen LogP contribution < -0.4 is 10.2 Å². The predicted molar refractivity (Wildman–Crippen MR) is 76.9 cm³/mol. The zero-order valence-electron chi connectivity index (χ0n) is 12.9. The van der Waals surface area contributed by atoms with Crippen molar-refractivity contribution in [1.29, 1.82) is 0 Å². The first kappa shape index (κ1) is 16.5. The Hall–Kier alpha value is -2.39. The van der Waals surface area contributed by atoms with E-state index in [4.69, 9.17) is 0 Å². The standard InChI is InChI=1S/C14H16F3N5O2/c1-18-13(24)8-4-12(23)22(5-8)9-6-21(7-9)11-3-2-10(19-20-11)14(15,16)17/h2-3,8-9H,4-7H2,1H3,(H,18,24). The molecule has 0 saturated carbocycles. The van der Waals surface area contributed by atoms with Crippen LogP contribution in [0, 0.1) is 5.92 Å². The van der Waals surface area contributed by atoms with Crippen LogP contribution in [0.2, 0.25) is 0 Å². The summed E-state index contributed by atoms with van der Waals surface area (Å²) in [4.78, 5) is 27.0. The number of alkyl halides is 3. The van der Waals surface area contributed by atoms with Crippen molar-refractivity contribution in [2.24, 2.45) is 5.92 Å². The lowest BCUT2D eigenvalue weighted by Crippen LogP contribution is -2.60. The van der Waals surface area contributed by atoms with Gasteiger partial charge in [0.1, 0.15) is 0 Å². The largest absolute Gasteiger partial charge is 0.435 e. The third-order valence-corrected chi connectivity index (χ3v) is 4.34. The van der Waals surface area contributed by atoms with Crippen molar-refractivity contribution in [3.05, 3.63) is 17.8 Å². The van der Waals surface area contributed by atoms with E-state index in [0.29, 0.717) is 25.5 Å². The van der Waals surface area contributed by atoms with Crippen LogP contribution in [0.5, 0.6) is 0 Å². The van der Waals surface area contributed by atoms with Gasteiger partial charge in [-0.3, -0.25) is 9.59 Å². The lowest BCUT2D eigenvalue weighted by Gasteiger charge is -2.44. The van der Waals surface area contributed by atoms with Gasteiger partial charge in [-0.1, -0.05) is 0 Å². The molecule has 3 rings (SSSR count). The average Bonchev–Trinajstić information content (AvgIpc) is 2.86. The van der Waals surface area contributed by atoms with Gasteiger partial charge in [-0.2, -0.15) is 13.2 Å². The Labute approximate surface area is 135 Å². The summed E-state index contributed by atoms with van der Waals surface area (Å²) in [6.07, 6.45) is -4.32. The van der Waals surface area contributed by atoms with Gasteiger partial charge in [-0.05, 0) is 12.1 Å². The lowest BCUT2D eigenvalue weighted by atomic mass is 10.1. The van der Waals surface area contributed by atoms with E-state index in [1.165, 1.54) is 13.1 Å².